The van der Waals surface area contributed by atoms with Gasteiger partial charge in [-0.25, -0.2) is 8.42 Å². The van der Waals surface area contributed by atoms with Crippen LogP contribution in [0.3, 0.4) is 0 Å². The molecular weight excluding hydrogens is 474 g/mol. The van der Waals surface area contributed by atoms with Gasteiger partial charge < -0.3 is 14.8 Å². The Kier molecular flexibility index (Phi) is 8.26. The number of nitro benzene ring substituents is 1. The van der Waals surface area contributed by atoms with Gasteiger partial charge in [-0.3, -0.25) is 19.2 Å². The minimum atomic E-state index is -3.78. The first-order chi connectivity index (χ1) is 16.7. The van der Waals surface area contributed by atoms with E-state index in [0.29, 0.717) is 29.4 Å². The van der Waals surface area contributed by atoms with E-state index in [2.05, 4.69) is 5.32 Å². The van der Waals surface area contributed by atoms with Gasteiger partial charge >= 0.3 is 0 Å². The molecule has 10 nitrogen and oxygen atoms in total. The van der Waals surface area contributed by atoms with Crippen molar-refractivity contribution in [3.05, 3.63) is 88.5 Å². The zero-order valence-corrected chi connectivity index (χ0v) is 20.0. The first-order valence-corrected chi connectivity index (χ1v) is 12.1. The molecule has 35 heavy (non-hydrogen) atoms. The lowest BCUT2D eigenvalue weighted by molar-refractivity contribution is -0.385. The molecule has 0 aliphatic carbocycles. The summed E-state index contributed by atoms with van der Waals surface area (Å²) in [5, 5.41) is 13.6. The van der Waals surface area contributed by atoms with Crippen LogP contribution in [0.5, 0.6) is 11.5 Å². The number of carbonyl (C=O) groups excluding carboxylic acids is 1. The molecule has 0 saturated heterocycles. The number of ether oxygens (including phenoxy) is 2. The van der Waals surface area contributed by atoms with Crippen LogP contribution >= 0.6 is 0 Å². The Morgan fingerprint density at radius 1 is 0.971 bits per heavy atom. The van der Waals surface area contributed by atoms with Crippen LogP contribution in [0.25, 0.3) is 0 Å². The van der Waals surface area contributed by atoms with Crippen LogP contribution in [-0.4, -0.2) is 39.5 Å². The topological polar surface area (TPSA) is 128 Å². The van der Waals surface area contributed by atoms with E-state index in [-0.39, 0.29) is 23.7 Å². The van der Waals surface area contributed by atoms with E-state index in [1.54, 1.807) is 54.6 Å². The number of carbonyl (C=O) groups is 1. The maximum Gasteiger partial charge on any atom is 0.274 e. The Balaban J connectivity index is 1.56. The van der Waals surface area contributed by atoms with Crippen LogP contribution in [0, 0.1) is 10.1 Å². The Labute approximate surface area is 203 Å². The molecule has 0 fully saturated rings. The summed E-state index contributed by atoms with van der Waals surface area (Å²) in [7, 11) is -2.34. The summed E-state index contributed by atoms with van der Waals surface area (Å²) in [6.45, 7) is 2.02. The first kappa shape index (κ1) is 25.5. The summed E-state index contributed by atoms with van der Waals surface area (Å²) in [6.07, 6.45) is 0. The smallest absolute Gasteiger partial charge is 0.274 e. The van der Waals surface area contributed by atoms with Gasteiger partial charge in [-0.2, -0.15) is 0 Å². The molecule has 1 N–H and O–H groups in total. The fraction of sp³-hybridized carbons (Fsp3) is 0.208. The van der Waals surface area contributed by atoms with Crippen molar-refractivity contribution in [2.45, 2.75) is 18.4 Å². The Morgan fingerprint density at radius 3 is 2.20 bits per heavy atom. The minimum Gasteiger partial charge on any atom is -0.494 e. The van der Waals surface area contributed by atoms with E-state index in [0.717, 1.165) is 4.31 Å². The zero-order chi connectivity index (χ0) is 25.4. The van der Waals surface area contributed by atoms with E-state index in [1.807, 2.05) is 6.92 Å². The van der Waals surface area contributed by atoms with E-state index >= 15 is 0 Å². The fourth-order valence-corrected chi connectivity index (χ4v) is 4.35. The molecule has 0 unspecified atom stereocenters. The van der Waals surface area contributed by atoms with Crippen molar-refractivity contribution in [3.63, 3.8) is 0 Å². The number of sulfonamides is 1. The first-order valence-electron chi connectivity index (χ1n) is 10.7. The summed E-state index contributed by atoms with van der Waals surface area (Å²) in [4.78, 5) is 22.8. The van der Waals surface area contributed by atoms with Crippen molar-refractivity contribution in [1.82, 2.24) is 5.32 Å². The number of para-hydroxylation sites is 1. The van der Waals surface area contributed by atoms with Crippen molar-refractivity contribution in [2.24, 2.45) is 0 Å². The van der Waals surface area contributed by atoms with E-state index in [9.17, 15) is 23.3 Å². The van der Waals surface area contributed by atoms with Crippen LogP contribution in [0.1, 0.15) is 12.5 Å². The van der Waals surface area contributed by atoms with Crippen LogP contribution in [-0.2, 0) is 21.4 Å². The number of hydrogen-bond acceptors (Lipinski definition) is 7. The number of nitrogens with zero attached hydrogens (tertiary/aromatic N) is 2. The number of nitrogens with one attached hydrogen (secondary N) is 1. The monoisotopic (exact) mass is 499 g/mol. The lowest BCUT2D eigenvalue weighted by atomic mass is 10.2. The van der Waals surface area contributed by atoms with Crippen molar-refractivity contribution < 1.29 is 27.6 Å². The van der Waals surface area contributed by atoms with E-state index < -0.39 is 20.9 Å². The van der Waals surface area contributed by atoms with Crippen molar-refractivity contribution >= 4 is 27.3 Å². The standard InChI is InChI=1S/C24H25N3O7S/c1-3-33-20-12-14-22(15-13-20)35(31,32)26(2)19-8-10-21(11-9-19)34-17-24(28)25-16-18-6-4-5-7-23(18)27(29)30/h4-15H,3,16-17H2,1-2H3,(H,25,28). The second-order valence-electron chi connectivity index (χ2n) is 7.32. The molecule has 0 radical (unpaired) electrons. The van der Waals surface area contributed by atoms with Crippen molar-refractivity contribution in [1.29, 1.82) is 0 Å². The highest BCUT2D eigenvalue weighted by molar-refractivity contribution is 7.92. The summed E-state index contributed by atoms with van der Waals surface area (Å²) < 4.78 is 37.8. The molecular formula is C24H25N3O7S. The van der Waals surface area contributed by atoms with Crippen molar-refractivity contribution in [3.8, 4) is 11.5 Å². The molecule has 0 bridgehead atoms. The maximum atomic E-state index is 12.9. The van der Waals surface area contributed by atoms with Gasteiger partial charge in [-0.05, 0) is 55.5 Å². The molecule has 0 aliphatic heterocycles. The largest absolute Gasteiger partial charge is 0.494 e. The van der Waals surface area contributed by atoms with Gasteiger partial charge in [0.15, 0.2) is 6.61 Å². The van der Waals surface area contributed by atoms with Gasteiger partial charge in [0.05, 0.1) is 22.1 Å². The molecule has 0 saturated carbocycles. The number of amides is 1. The lowest BCUT2D eigenvalue weighted by Crippen LogP contribution is -2.28. The van der Waals surface area contributed by atoms with Gasteiger partial charge in [-0.1, -0.05) is 18.2 Å². The zero-order valence-electron chi connectivity index (χ0n) is 19.2. The van der Waals surface area contributed by atoms with Crippen LogP contribution in [0.15, 0.2) is 77.7 Å². The Morgan fingerprint density at radius 2 is 1.57 bits per heavy atom. The Bertz CT molecular complexity index is 1280. The highest BCUT2D eigenvalue weighted by Gasteiger charge is 2.21. The lowest BCUT2D eigenvalue weighted by Gasteiger charge is -2.20. The summed E-state index contributed by atoms with van der Waals surface area (Å²) in [5.74, 6) is 0.491. The predicted octanol–water partition coefficient (Wildman–Crippen LogP) is 3.51. The molecule has 0 aliphatic rings. The molecule has 184 valence electrons. The molecule has 0 spiro atoms. The summed E-state index contributed by atoms with van der Waals surface area (Å²) >= 11 is 0. The summed E-state index contributed by atoms with van der Waals surface area (Å²) in [6, 6.07) is 18.5. The normalized spacial score (nSPS) is 10.9. The van der Waals surface area contributed by atoms with Crippen LogP contribution < -0.4 is 19.1 Å². The number of anilines is 1. The molecule has 0 aromatic heterocycles. The predicted molar refractivity (Wildman–Crippen MR) is 130 cm³/mol. The number of nitro groups is 1. The number of hydrogen-bond donors (Lipinski definition) is 1. The fourth-order valence-electron chi connectivity index (χ4n) is 3.16. The highest BCUT2D eigenvalue weighted by atomic mass is 32.2. The average Bonchev–Trinajstić information content (AvgIpc) is 2.86. The van der Waals surface area contributed by atoms with Crippen LogP contribution in [0.2, 0.25) is 0 Å². The molecule has 1 amide bonds. The SMILES string of the molecule is CCOc1ccc(S(=O)(=O)N(C)c2ccc(OCC(=O)NCc3ccccc3[N+](=O)[O-])cc2)cc1. The molecule has 0 atom stereocenters. The molecule has 3 aromatic rings. The van der Waals surface area contributed by atoms with Gasteiger partial charge in [0, 0.05) is 25.2 Å². The second-order valence-corrected chi connectivity index (χ2v) is 9.29. The third-order valence-electron chi connectivity index (χ3n) is 5.03. The number of benzene rings is 3. The molecule has 11 heteroatoms. The van der Waals surface area contributed by atoms with E-state index in [4.69, 9.17) is 9.47 Å². The third kappa shape index (κ3) is 6.48. The quantitative estimate of drug-likeness (QED) is 0.316. The van der Waals surface area contributed by atoms with Crippen LogP contribution in [0.4, 0.5) is 11.4 Å². The number of rotatable bonds is 11. The maximum absolute atomic E-state index is 12.9. The van der Waals surface area contributed by atoms with Gasteiger partial charge in [-0.15, -0.1) is 0 Å². The molecule has 0 heterocycles. The van der Waals surface area contributed by atoms with Crippen molar-refractivity contribution in [2.75, 3.05) is 24.6 Å². The van der Waals surface area contributed by atoms with Gasteiger partial charge in [0.25, 0.3) is 21.6 Å². The summed E-state index contributed by atoms with van der Waals surface area (Å²) in [5.41, 5.74) is 0.715. The second kappa shape index (κ2) is 11.3. The highest BCUT2D eigenvalue weighted by Crippen LogP contribution is 2.25. The van der Waals surface area contributed by atoms with Gasteiger partial charge in [0.2, 0.25) is 0 Å². The minimum absolute atomic E-state index is 0.00745. The van der Waals surface area contributed by atoms with E-state index in [1.165, 1.54) is 25.2 Å². The molecule has 3 rings (SSSR count). The third-order valence-corrected chi connectivity index (χ3v) is 6.83. The molecule has 3 aromatic carbocycles. The van der Waals surface area contributed by atoms with Gasteiger partial charge in [0.1, 0.15) is 11.5 Å². The average molecular weight is 500 g/mol. The Hall–Kier alpha value is -4.12.